The maximum atomic E-state index is 5.02. The molecule has 0 N–H and O–H groups in total. The lowest BCUT2D eigenvalue weighted by Gasteiger charge is -2.40. The Kier molecular flexibility index (Phi) is 8.34. The Hall–Kier alpha value is -4.92. The summed E-state index contributed by atoms with van der Waals surface area (Å²) in [7, 11) is 0. The molecular formula is C45H57N9. The maximum absolute atomic E-state index is 5.02. The molecule has 3 aliphatic heterocycles. The number of pyridine rings is 3. The van der Waals surface area contributed by atoms with Crippen LogP contribution in [0, 0.1) is 0 Å². The molecule has 0 spiro atoms. The van der Waals surface area contributed by atoms with E-state index in [1.54, 1.807) is 0 Å². The van der Waals surface area contributed by atoms with Crippen molar-refractivity contribution in [1.82, 2.24) is 15.0 Å². The van der Waals surface area contributed by atoms with Crippen LogP contribution < -0.4 is 14.7 Å². The van der Waals surface area contributed by atoms with Crippen molar-refractivity contribution in [2.45, 2.75) is 137 Å². The molecule has 0 radical (unpaired) electrons. The fourth-order valence-corrected chi connectivity index (χ4v) is 8.36. The Bertz CT molecular complexity index is 1940. The van der Waals surface area contributed by atoms with Gasteiger partial charge in [-0.15, -0.1) is 0 Å². The third-order valence-electron chi connectivity index (χ3n) is 13.3. The average Bonchev–Trinajstić information content (AvgIpc) is 3.44. The molecule has 0 fully saturated rings. The van der Waals surface area contributed by atoms with E-state index in [-0.39, 0.29) is 33.2 Å². The van der Waals surface area contributed by atoms with Gasteiger partial charge in [-0.2, -0.15) is 0 Å². The number of hydrogen-bond donors (Lipinski definition) is 0. The molecule has 0 aliphatic carbocycles. The first kappa shape index (κ1) is 37.4. The van der Waals surface area contributed by atoms with Crippen LogP contribution in [0.5, 0.6) is 0 Å². The van der Waals surface area contributed by atoms with Crippen molar-refractivity contribution in [2.24, 2.45) is 15.0 Å². The zero-order valence-electron chi connectivity index (χ0n) is 35.0. The standard InChI is InChI=1S/C45H57N9/c1-28-49-40(4,5)43(10,11)52(28)37-19-16-31(25-46-37)34-22-35(32-17-20-38(47-26-32)53-29(2)50-41(6,7)44(53,12)13)24-36(23-34)33-18-21-39(48-27-33)54-30(3)51-42(8,9)45(54,14)15/h16-27H,1-15H3. The molecule has 282 valence electrons. The molecule has 9 nitrogen and oxygen atoms in total. The van der Waals surface area contributed by atoms with Gasteiger partial charge in [-0.25, -0.2) is 15.0 Å². The molecule has 3 aromatic heterocycles. The maximum Gasteiger partial charge on any atom is 0.134 e. The van der Waals surface area contributed by atoms with Crippen LogP contribution in [0.4, 0.5) is 17.5 Å². The Balaban J connectivity index is 1.28. The minimum Gasteiger partial charge on any atom is -0.307 e. The molecule has 1 aromatic carbocycles. The van der Waals surface area contributed by atoms with E-state index in [9.17, 15) is 0 Å². The largest absolute Gasteiger partial charge is 0.307 e. The number of amidine groups is 3. The molecule has 9 heteroatoms. The van der Waals surface area contributed by atoms with Gasteiger partial charge in [0.2, 0.25) is 0 Å². The van der Waals surface area contributed by atoms with E-state index in [2.05, 4.69) is 173 Å². The molecule has 54 heavy (non-hydrogen) atoms. The van der Waals surface area contributed by atoms with Gasteiger partial charge in [0.15, 0.2) is 0 Å². The van der Waals surface area contributed by atoms with Gasteiger partial charge in [-0.05, 0) is 175 Å². The lowest BCUT2D eigenvalue weighted by atomic mass is 9.83. The molecule has 0 saturated carbocycles. The summed E-state index contributed by atoms with van der Waals surface area (Å²) < 4.78 is 0. The fraction of sp³-hybridized carbons (Fsp3) is 0.467. The Morgan fingerprint density at radius 1 is 0.352 bits per heavy atom. The highest BCUT2D eigenvalue weighted by Crippen LogP contribution is 2.43. The third kappa shape index (κ3) is 5.64. The molecule has 0 amide bonds. The topological polar surface area (TPSA) is 85.5 Å². The number of anilines is 3. The molecule has 3 aliphatic rings. The van der Waals surface area contributed by atoms with Crippen LogP contribution >= 0.6 is 0 Å². The van der Waals surface area contributed by atoms with Crippen LogP contribution in [0.3, 0.4) is 0 Å². The van der Waals surface area contributed by atoms with E-state index in [1.165, 1.54) is 0 Å². The summed E-state index contributed by atoms with van der Waals surface area (Å²) in [6, 6.07) is 19.5. The van der Waals surface area contributed by atoms with Crippen LogP contribution in [0.25, 0.3) is 33.4 Å². The Morgan fingerprint density at radius 3 is 0.759 bits per heavy atom. The average molecular weight is 724 g/mol. The van der Waals surface area contributed by atoms with Gasteiger partial charge in [-0.3, -0.25) is 15.0 Å². The minimum absolute atomic E-state index is 0.216. The van der Waals surface area contributed by atoms with Gasteiger partial charge in [-0.1, -0.05) is 0 Å². The van der Waals surface area contributed by atoms with Gasteiger partial charge < -0.3 is 14.7 Å². The first-order valence-electron chi connectivity index (χ1n) is 19.1. The zero-order chi connectivity index (χ0) is 39.4. The first-order valence-corrected chi connectivity index (χ1v) is 19.1. The summed E-state index contributed by atoms with van der Waals surface area (Å²) in [5, 5.41) is 0. The third-order valence-corrected chi connectivity index (χ3v) is 13.3. The molecular weight excluding hydrogens is 667 g/mol. The Labute approximate surface area is 322 Å². The second kappa shape index (κ2) is 12.0. The molecule has 7 rings (SSSR count). The van der Waals surface area contributed by atoms with E-state index in [0.29, 0.717) is 0 Å². The van der Waals surface area contributed by atoms with Gasteiger partial charge in [0, 0.05) is 35.3 Å². The summed E-state index contributed by atoms with van der Waals surface area (Å²) in [6.45, 7) is 32.7. The number of nitrogens with zero attached hydrogens (tertiary/aromatic N) is 9. The molecule has 0 unspecified atom stereocenters. The van der Waals surface area contributed by atoms with Crippen LogP contribution in [0.15, 0.2) is 88.2 Å². The van der Waals surface area contributed by atoms with Gasteiger partial charge in [0.05, 0.1) is 33.2 Å². The number of rotatable bonds is 6. The number of hydrogen-bond acceptors (Lipinski definition) is 9. The molecule has 6 heterocycles. The summed E-state index contributed by atoms with van der Waals surface area (Å²) in [5.74, 6) is 5.61. The number of aliphatic imine (C=N–C) groups is 3. The van der Waals surface area contributed by atoms with Gasteiger partial charge in [0.25, 0.3) is 0 Å². The summed E-state index contributed by atoms with van der Waals surface area (Å²) in [5.41, 5.74) is 4.95. The predicted molar refractivity (Wildman–Crippen MR) is 227 cm³/mol. The monoisotopic (exact) mass is 723 g/mol. The van der Waals surface area contributed by atoms with E-state index >= 15 is 0 Å². The normalized spacial score (nSPS) is 21.6. The van der Waals surface area contributed by atoms with Crippen LogP contribution in [-0.4, -0.2) is 65.7 Å². The predicted octanol–water partition coefficient (Wildman–Crippen LogP) is 10.3. The minimum atomic E-state index is -0.230. The molecule has 4 aromatic rings. The molecule has 0 atom stereocenters. The summed E-state index contributed by atoms with van der Waals surface area (Å²) in [6.07, 6.45) is 5.94. The SMILES string of the molecule is CC1=NC(C)(C)C(C)(C)N1c1ccc(-c2cc(-c3ccc(N4C(C)=NC(C)(C)C4(C)C)nc3)cc(-c3ccc(N4C(C)=NC(C)(C)C4(C)C)nc3)c2)cn1. The smallest absolute Gasteiger partial charge is 0.134 e. The van der Waals surface area contributed by atoms with Crippen molar-refractivity contribution in [3.63, 3.8) is 0 Å². The second-order valence-corrected chi connectivity index (χ2v) is 18.4. The second-order valence-electron chi connectivity index (χ2n) is 18.4. The molecule has 0 bridgehead atoms. The Morgan fingerprint density at radius 2 is 0.593 bits per heavy atom. The van der Waals surface area contributed by atoms with Crippen molar-refractivity contribution >= 4 is 35.0 Å². The van der Waals surface area contributed by atoms with E-state index in [0.717, 1.165) is 68.3 Å². The van der Waals surface area contributed by atoms with E-state index < -0.39 is 0 Å². The van der Waals surface area contributed by atoms with E-state index in [4.69, 9.17) is 29.9 Å². The van der Waals surface area contributed by atoms with E-state index in [1.807, 2.05) is 18.6 Å². The molecule has 0 saturated heterocycles. The van der Waals surface area contributed by atoms with Gasteiger partial charge in [0.1, 0.15) is 35.0 Å². The summed E-state index contributed by atoms with van der Waals surface area (Å²) in [4.78, 5) is 36.7. The van der Waals surface area contributed by atoms with Crippen molar-refractivity contribution in [2.75, 3.05) is 14.7 Å². The highest BCUT2D eigenvalue weighted by molar-refractivity contribution is 6.01. The van der Waals surface area contributed by atoms with Crippen LogP contribution in [-0.2, 0) is 0 Å². The quantitative estimate of drug-likeness (QED) is 0.197. The highest BCUT2D eigenvalue weighted by Gasteiger charge is 2.50. The van der Waals surface area contributed by atoms with Crippen LogP contribution in [0.1, 0.15) is 104 Å². The lowest BCUT2D eigenvalue weighted by molar-refractivity contribution is 0.337. The van der Waals surface area contributed by atoms with Gasteiger partial charge >= 0.3 is 0 Å². The highest BCUT2D eigenvalue weighted by atomic mass is 15.4. The van der Waals surface area contributed by atoms with Crippen LogP contribution in [0.2, 0.25) is 0 Å². The fourth-order valence-electron chi connectivity index (χ4n) is 8.36. The van der Waals surface area contributed by atoms with Crippen molar-refractivity contribution < 1.29 is 0 Å². The zero-order valence-corrected chi connectivity index (χ0v) is 35.0. The summed E-state index contributed by atoms with van der Waals surface area (Å²) >= 11 is 0. The number of benzene rings is 1. The van der Waals surface area contributed by atoms with Crippen molar-refractivity contribution in [1.29, 1.82) is 0 Å². The van der Waals surface area contributed by atoms with Crippen molar-refractivity contribution in [3.8, 4) is 33.4 Å². The van der Waals surface area contributed by atoms with Crippen molar-refractivity contribution in [3.05, 3.63) is 73.2 Å². The number of aromatic nitrogens is 3. The lowest BCUT2D eigenvalue weighted by Crippen LogP contribution is -2.53. The first-order chi connectivity index (χ1) is 25.0.